The summed E-state index contributed by atoms with van der Waals surface area (Å²) in [6.45, 7) is 2.10. The highest BCUT2D eigenvalue weighted by molar-refractivity contribution is 5.97. The second-order valence-electron chi connectivity index (χ2n) is 6.47. The van der Waals surface area contributed by atoms with E-state index in [4.69, 9.17) is 9.15 Å². The van der Waals surface area contributed by atoms with Gasteiger partial charge in [0.15, 0.2) is 0 Å². The number of hydrogen-bond donors (Lipinski definition) is 1. The molecule has 0 bridgehead atoms. The van der Waals surface area contributed by atoms with Gasteiger partial charge < -0.3 is 19.4 Å². The van der Waals surface area contributed by atoms with Gasteiger partial charge in [0.25, 0.3) is 5.91 Å². The summed E-state index contributed by atoms with van der Waals surface area (Å²) in [5.41, 5.74) is -0.405. The van der Waals surface area contributed by atoms with Gasteiger partial charge in [0.05, 0.1) is 18.1 Å². The summed E-state index contributed by atoms with van der Waals surface area (Å²) in [5, 5.41) is 14.8. The maximum Gasteiger partial charge on any atom is 0.417 e. The maximum atomic E-state index is 12.5. The van der Waals surface area contributed by atoms with E-state index < -0.39 is 16.2 Å². The number of carbonyl (C=O) groups excluding carboxylic acids is 1. The predicted molar refractivity (Wildman–Crippen MR) is 106 cm³/mol. The summed E-state index contributed by atoms with van der Waals surface area (Å²) in [5.74, 6) is -0.100. The first-order valence-electron chi connectivity index (χ1n) is 8.99. The Balaban J connectivity index is 1.67. The molecule has 0 atom stereocenters. The number of anilines is 2. The zero-order valence-electron chi connectivity index (χ0n) is 15.3. The van der Waals surface area contributed by atoms with Gasteiger partial charge in [0.2, 0.25) is 0 Å². The number of rotatable bonds is 4. The van der Waals surface area contributed by atoms with Crippen molar-refractivity contribution in [2.24, 2.45) is 0 Å². The fourth-order valence-electron chi connectivity index (χ4n) is 3.22. The molecule has 9 heteroatoms. The Labute approximate surface area is 164 Å². The van der Waals surface area contributed by atoms with Crippen molar-refractivity contribution in [2.45, 2.75) is 0 Å². The van der Waals surface area contributed by atoms with Gasteiger partial charge in [0.1, 0.15) is 11.3 Å². The van der Waals surface area contributed by atoms with Crippen molar-refractivity contribution in [1.29, 1.82) is 0 Å². The van der Waals surface area contributed by atoms with Crippen LogP contribution in [0.5, 0.6) is 0 Å². The Morgan fingerprint density at radius 3 is 2.45 bits per heavy atom. The van der Waals surface area contributed by atoms with Crippen LogP contribution in [0.3, 0.4) is 0 Å². The van der Waals surface area contributed by atoms with E-state index >= 15 is 0 Å². The van der Waals surface area contributed by atoms with Crippen LogP contribution in [0.1, 0.15) is 10.4 Å². The SMILES string of the molecule is O=C(c1ccc(Nc2c([N+](=O)[O-])c(=O)oc3ccccc23)cc1)N1CCOCC1. The monoisotopic (exact) mass is 395 g/mol. The maximum absolute atomic E-state index is 12.5. The molecule has 1 aromatic heterocycles. The number of ether oxygens (including phenoxy) is 1. The largest absolute Gasteiger partial charge is 0.418 e. The van der Waals surface area contributed by atoms with Crippen LogP contribution in [0.4, 0.5) is 17.1 Å². The lowest BCUT2D eigenvalue weighted by Gasteiger charge is -2.26. The van der Waals surface area contributed by atoms with Crippen LogP contribution in [-0.4, -0.2) is 42.0 Å². The van der Waals surface area contributed by atoms with Crippen LogP contribution < -0.4 is 10.9 Å². The van der Waals surface area contributed by atoms with Gasteiger partial charge in [-0.3, -0.25) is 14.9 Å². The molecule has 29 heavy (non-hydrogen) atoms. The van der Waals surface area contributed by atoms with E-state index in [0.29, 0.717) is 42.9 Å². The molecule has 1 fully saturated rings. The number of hydrogen-bond acceptors (Lipinski definition) is 7. The zero-order valence-corrected chi connectivity index (χ0v) is 15.3. The molecule has 1 N–H and O–H groups in total. The van der Waals surface area contributed by atoms with Crippen molar-refractivity contribution in [3.05, 3.63) is 74.6 Å². The molecular formula is C20H17N3O6. The molecule has 3 aromatic rings. The lowest BCUT2D eigenvalue weighted by atomic mass is 10.1. The quantitative estimate of drug-likeness (QED) is 0.410. The van der Waals surface area contributed by atoms with Crippen LogP contribution in [0, 0.1) is 10.1 Å². The third kappa shape index (κ3) is 3.67. The van der Waals surface area contributed by atoms with Crippen LogP contribution in [0.25, 0.3) is 11.0 Å². The highest BCUT2D eigenvalue weighted by atomic mass is 16.6. The molecule has 2 heterocycles. The highest BCUT2D eigenvalue weighted by Crippen LogP contribution is 2.32. The average Bonchev–Trinajstić information content (AvgIpc) is 2.74. The number of carbonyl (C=O) groups is 1. The van der Waals surface area contributed by atoms with Crippen molar-refractivity contribution in [3.63, 3.8) is 0 Å². The standard InChI is InChI=1S/C20H17N3O6/c24-19(22-9-11-28-12-10-22)13-5-7-14(8-6-13)21-17-15-3-1-2-4-16(15)29-20(25)18(17)23(26)27/h1-8,21H,9-12H2. The number of nitro groups is 1. The van der Waals surface area contributed by atoms with E-state index in [2.05, 4.69) is 5.32 Å². The molecule has 0 spiro atoms. The highest BCUT2D eigenvalue weighted by Gasteiger charge is 2.25. The van der Waals surface area contributed by atoms with Crippen LogP contribution in [-0.2, 0) is 4.74 Å². The summed E-state index contributed by atoms with van der Waals surface area (Å²) in [4.78, 5) is 37.0. The van der Waals surface area contributed by atoms with Crippen LogP contribution in [0.15, 0.2) is 57.7 Å². The number of morpholine rings is 1. The van der Waals surface area contributed by atoms with E-state index in [1.807, 2.05) is 0 Å². The third-order valence-corrected chi connectivity index (χ3v) is 4.67. The Morgan fingerprint density at radius 1 is 1.07 bits per heavy atom. The molecule has 0 aliphatic carbocycles. The Morgan fingerprint density at radius 2 is 1.76 bits per heavy atom. The zero-order chi connectivity index (χ0) is 20.4. The Kier molecular flexibility index (Phi) is 4.96. The molecule has 0 saturated carbocycles. The van der Waals surface area contributed by atoms with Gasteiger partial charge in [-0.2, -0.15) is 0 Å². The van der Waals surface area contributed by atoms with Gasteiger partial charge in [-0.25, -0.2) is 4.79 Å². The van der Waals surface area contributed by atoms with Crippen LogP contribution in [0.2, 0.25) is 0 Å². The molecule has 4 rings (SSSR count). The van der Waals surface area contributed by atoms with Crippen LogP contribution >= 0.6 is 0 Å². The van der Waals surface area contributed by atoms with Crippen molar-refractivity contribution < 1.29 is 18.9 Å². The van der Waals surface area contributed by atoms with E-state index in [1.165, 1.54) is 0 Å². The minimum Gasteiger partial charge on any atom is -0.418 e. The van der Waals surface area contributed by atoms with Gasteiger partial charge in [-0.15, -0.1) is 0 Å². The summed E-state index contributed by atoms with van der Waals surface area (Å²) >= 11 is 0. The van der Waals surface area contributed by atoms with Gasteiger partial charge in [-0.05, 0) is 36.4 Å². The smallest absolute Gasteiger partial charge is 0.417 e. The molecule has 2 aromatic carbocycles. The van der Waals surface area contributed by atoms with Crippen molar-refractivity contribution in [1.82, 2.24) is 4.90 Å². The van der Waals surface area contributed by atoms with Crippen molar-refractivity contribution in [3.8, 4) is 0 Å². The minimum absolute atomic E-state index is 0.0501. The summed E-state index contributed by atoms with van der Waals surface area (Å²) in [6, 6.07) is 13.1. The first-order chi connectivity index (χ1) is 14.0. The number of nitrogens with zero attached hydrogens (tertiary/aromatic N) is 2. The summed E-state index contributed by atoms with van der Waals surface area (Å²) < 4.78 is 10.3. The number of nitrogens with one attached hydrogen (secondary N) is 1. The van der Waals surface area contributed by atoms with E-state index in [-0.39, 0.29) is 17.2 Å². The fourth-order valence-corrected chi connectivity index (χ4v) is 3.22. The number of benzene rings is 2. The minimum atomic E-state index is -1.03. The lowest BCUT2D eigenvalue weighted by molar-refractivity contribution is -0.386. The molecule has 148 valence electrons. The van der Waals surface area contributed by atoms with Crippen molar-refractivity contribution >= 4 is 33.9 Å². The number of fused-ring (bicyclic) bond motifs is 1. The summed E-state index contributed by atoms with van der Waals surface area (Å²) in [6.07, 6.45) is 0. The molecule has 0 unspecified atom stereocenters. The Bertz CT molecular complexity index is 1130. The molecular weight excluding hydrogens is 378 g/mol. The normalized spacial score (nSPS) is 14.0. The van der Waals surface area contributed by atoms with Gasteiger partial charge in [0, 0.05) is 29.7 Å². The molecule has 1 aliphatic heterocycles. The van der Waals surface area contributed by atoms with Crippen molar-refractivity contribution in [2.75, 3.05) is 31.6 Å². The number of amides is 1. The Hall–Kier alpha value is -3.72. The van der Waals surface area contributed by atoms with Gasteiger partial charge >= 0.3 is 11.3 Å². The molecule has 9 nitrogen and oxygen atoms in total. The molecule has 1 amide bonds. The second kappa shape index (κ2) is 7.72. The van der Waals surface area contributed by atoms with E-state index in [0.717, 1.165) is 0 Å². The third-order valence-electron chi connectivity index (χ3n) is 4.67. The molecule has 0 radical (unpaired) electrons. The van der Waals surface area contributed by atoms with E-state index in [9.17, 15) is 19.7 Å². The lowest BCUT2D eigenvalue weighted by Crippen LogP contribution is -2.40. The predicted octanol–water partition coefficient (Wildman–Crippen LogP) is 2.92. The second-order valence-corrected chi connectivity index (χ2v) is 6.47. The molecule has 1 aliphatic rings. The van der Waals surface area contributed by atoms with Gasteiger partial charge in [-0.1, -0.05) is 12.1 Å². The first kappa shape index (κ1) is 18.6. The topological polar surface area (TPSA) is 115 Å². The summed E-state index contributed by atoms with van der Waals surface area (Å²) in [7, 11) is 0. The number of para-hydroxylation sites is 1. The average molecular weight is 395 g/mol. The molecule has 1 saturated heterocycles. The fraction of sp³-hybridized carbons (Fsp3) is 0.200. The van der Waals surface area contributed by atoms with E-state index in [1.54, 1.807) is 53.4 Å². The first-order valence-corrected chi connectivity index (χ1v) is 8.99.